The number of rotatable bonds is 4. The monoisotopic (exact) mass is 259 g/mol. The van der Waals surface area contributed by atoms with Gasteiger partial charge >= 0.3 is 12.1 Å². The van der Waals surface area contributed by atoms with Crippen molar-refractivity contribution in [2.75, 3.05) is 13.7 Å². The fourth-order valence-electron chi connectivity index (χ4n) is 2.09. The van der Waals surface area contributed by atoms with E-state index in [1.165, 1.54) is 7.11 Å². The van der Waals surface area contributed by atoms with Gasteiger partial charge in [0.1, 0.15) is 5.60 Å². The Hall–Kier alpha value is -1.30. The first-order chi connectivity index (χ1) is 8.18. The average molecular weight is 259 g/mol. The molecule has 18 heavy (non-hydrogen) atoms. The van der Waals surface area contributed by atoms with Crippen molar-refractivity contribution in [1.82, 2.24) is 5.32 Å². The summed E-state index contributed by atoms with van der Waals surface area (Å²) in [5.41, 5.74) is -1.42. The van der Waals surface area contributed by atoms with Crippen LogP contribution >= 0.6 is 0 Å². The fourth-order valence-corrected chi connectivity index (χ4v) is 2.09. The molecule has 0 saturated heterocycles. The van der Waals surface area contributed by atoms with E-state index in [-0.39, 0.29) is 12.6 Å². The highest BCUT2D eigenvalue weighted by Crippen LogP contribution is 2.41. The highest BCUT2D eigenvalue weighted by atomic mass is 16.6. The molecule has 0 unspecified atom stereocenters. The van der Waals surface area contributed by atoms with Crippen LogP contribution in [0.1, 0.15) is 33.6 Å². The van der Waals surface area contributed by atoms with Crippen LogP contribution in [0.5, 0.6) is 0 Å². The number of hydrogen-bond acceptors (Lipinski definition) is 4. The molecular formula is C12H21NO5. The maximum absolute atomic E-state index is 11.5. The van der Waals surface area contributed by atoms with Crippen molar-refractivity contribution in [2.24, 2.45) is 5.41 Å². The molecule has 0 bridgehead atoms. The number of carboxylic acids is 1. The van der Waals surface area contributed by atoms with Crippen LogP contribution in [0.4, 0.5) is 4.79 Å². The van der Waals surface area contributed by atoms with Crippen LogP contribution in [0.25, 0.3) is 0 Å². The highest BCUT2D eigenvalue weighted by Gasteiger charge is 2.51. The van der Waals surface area contributed by atoms with Gasteiger partial charge in [-0.2, -0.15) is 0 Å². The van der Waals surface area contributed by atoms with Gasteiger partial charge in [0.2, 0.25) is 0 Å². The molecule has 1 aliphatic carbocycles. The number of amides is 1. The van der Waals surface area contributed by atoms with E-state index in [0.717, 1.165) is 0 Å². The second-order valence-corrected chi connectivity index (χ2v) is 5.77. The number of carbonyl (C=O) groups is 2. The molecule has 0 atom stereocenters. The van der Waals surface area contributed by atoms with Gasteiger partial charge in [-0.05, 0) is 33.6 Å². The normalized spacial score (nSPS) is 27.2. The van der Waals surface area contributed by atoms with Crippen molar-refractivity contribution < 1.29 is 24.2 Å². The summed E-state index contributed by atoms with van der Waals surface area (Å²) in [6, 6.07) is -0.161. The van der Waals surface area contributed by atoms with Gasteiger partial charge in [-0.3, -0.25) is 4.79 Å². The second kappa shape index (κ2) is 5.14. The number of hydrogen-bond donors (Lipinski definition) is 2. The van der Waals surface area contributed by atoms with Crippen LogP contribution in [0.2, 0.25) is 0 Å². The topological polar surface area (TPSA) is 84.9 Å². The number of methoxy groups -OCH3 is 1. The Morgan fingerprint density at radius 3 is 2.33 bits per heavy atom. The molecule has 1 amide bonds. The third-order valence-electron chi connectivity index (χ3n) is 2.87. The Morgan fingerprint density at radius 1 is 1.39 bits per heavy atom. The lowest BCUT2D eigenvalue weighted by atomic mass is 9.66. The lowest BCUT2D eigenvalue weighted by Crippen LogP contribution is -2.56. The van der Waals surface area contributed by atoms with Crippen LogP contribution < -0.4 is 5.32 Å². The first-order valence-electron chi connectivity index (χ1n) is 5.90. The number of aliphatic carboxylic acids is 1. The van der Waals surface area contributed by atoms with Gasteiger partial charge < -0.3 is 19.9 Å². The third kappa shape index (κ3) is 3.60. The number of nitrogens with one attached hydrogen (secondary N) is 1. The highest BCUT2D eigenvalue weighted by molar-refractivity contribution is 5.77. The maximum Gasteiger partial charge on any atom is 0.407 e. The smallest absolute Gasteiger partial charge is 0.407 e. The minimum absolute atomic E-state index is 0.161. The third-order valence-corrected chi connectivity index (χ3v) is 2.87. The van der Waals surface area contributed by atoms with Gasteiger partial charge in [0.15, 0.2) is 0 Å². The van der Waals surface area contributed by atoms with Gasteiger partial charge in [0, 0.05) is 13.2 Å². The zero-order valence-corrected chi connectivity index (χ0v) is 11.3. The first-order valence-corrected chi connectivity index (χ1v) is 5.90. The van der Waals surface area contributed by atoms with E-state index in [0.29, 0.717) is 12.8 Å². The van der Waals surface area contributed by atoms with Crippen LogP contribution in [0.3, 0.4) is 0 Å². The Labute approximate surface area is 107 Å². The minimum Gasteiger partial charge on any atom is -0.481 e. The Morgan fingerprint density at radius 2 is 1.94 bits per heavy atom. The van der Waals surface area contributed by atoms with E-state index in [9.17, 15) is 9.59 Å². The van der Waals surface area contributed by atoms with Gasteiger partial charge in [-0.1, -0.05) is 0 Å². The van der Waals surface area contributed by atoms with E-state index in [4.69, 9.17) is 14.6 Å². The molecule has 1 aliphatic rings. The molecular weight excluding hydrogens is 238 g/mol. The lowest BCUT2D eigenvalue weighted by Gasteiger charge is -2.43. The number of carboxylic acid groups (broad SMARTS) is 1. The van der Waals surface area contributed by atoms with E-state index in [1.54, 1.807) is 20.8 Å². The fraction of sp³-hybridized carbons (Fsp3) is 0.833. The van der Waals surface area contributed by atoms with Crippen molar-refractivity contribution >= 4 is 12.1 Å². The number of alkyl carbamates (subject to hydrolysis) is 1. The summed E-state index contributed by atoms with van der Waals surface area (Å²) in [5, 5.41) is 11.8. The Kier molecular flexibility index (Phi) is 4.21. The lowest BCUT2D eigenvalue weighted by molar-refractivity contribution is -0.161. The molecule has 0 radical (unpaired) electrons. The predicted molar refractivity (Wildman–Crippen MR) is 64.3 cm³/mol. The van der Waals surface area contributed by atoms with Crippen molar-refractivity contribution in [3.63, 3.8) is 0 Å². The van der Waals surface area contributed by atoms with Crippen LogP contribution in [-0.4, -0.2) is 42.5 Å². The molecule has 0 heterocycles. The summed E-state index contributed by atoms with van der Waals surface area (Å²) in [7, 11) is 1.47. The molecule has 0 spiro atoms. The summed E-state index contributed by atoms with van der Waals surface area (Å²) in [5.74, 6) is -0.883. The van der Waals surface area contributed by atoms with Crippen LogP contribution in [-0.2, 0) is 14.3 Å². The summed E-state index contributed by atoms with van der Waals surface area (Å²) < 4.78 is 10.0. The first kappa shape index (κ1) is 14.8. The summed E-state index contributed by atoms with van der Waals surface area (Å²) >= 11 is 0. The average Bonchev–Trinajstić information content (AvgIpc) is 2.10. The number of carbonyl (C=O) groups excluding carboxylic acids is 1. The predicted octanol–water partition coefficient (Wildman–Crippen LogP) is 1.39. The molecule has 6 nitrogen and oxygen atoms in total. The van der Waals surface area contributed by atoms with Gasteiger partial charge in [0.25, 0.3) is 0 Å². The van der Waals surface area contributed by atoms with E-state index in [1.807, 2.05) is 0 Å². The SMILES string of the molecule is COCC1(C(=O)O)CC(NC(=O)OC(C)(C)C)C1. The van der Waals surface area contributed by atoms with Gasteiger partial charge in [-0.15, -0.1) is 0 Å². The van der Waals surface area contributed by atoms with Crippen molar-refractivity contribution in [3.05, 3.63) is 0 Å². The molecule has 2 N–H and O–H groups in total. The van der Waals surface area contributed by atoms with Crippen LogP contribution in [0.15, 0.2) is 0 Å². The Bertz CT molecular complexity index is 328. The molecule has 0 aromatic heterocycles. The summed E-state index contributed by atoms with van der Waals surface area (Å²) in [4.78, 5) is 22.6. The van der Waals surface area contributed by atoms with Gasteiger partial charge in [0.05, 0.1) is 12.0 Å². The molecule has 1 fully saturated rings. The minimum atomic E-state index is -0.883. The zero-order chi connectivity index (χ0) is 14.0. The van der Waals surface area contributed by atoms with Crippen LogP contribution in [0, 0.1) is 5.41 Å². The van der Waals surface area contributed by atoms with E-state index >= 15 is 0 Å². The van der Waals surface area contributed by atoms with E-state index in [2.05, 4.69) is 5.32 Å². The van der Waals surface area contributed by atoms with Gasteiger partial charge in [-0.25, -0.2) is 4.79 Å². The summed E-state index contributed by atoms with van der Waals surface area (Å²) in [6.07, 6.45) is 0.231. The van der Waals surface area contributed by atoms with E-state index < -0.39 is 23.1 Å². The quantitative estimate of drug-likeness (QED) is 0.797. The second-order valence-electron chi connectivity index (χ2n) is 5.77. The standard InChI is InChI=1S/C12H21NO5/c1-11(2,3)18-10(16)13-8-5-12(6-8,7-17-4)9(14)15/h8H,5-7H2,1-4H3,(H,13,16)(H,14,15). The molecule has 6 heteroatoms. The Balaban J connectivity index is 2.42. The molecule has 0 aromatic carbocycles. The number of ether oxygens (including phenoxy) is 2. The molecule has 1 saturated carbocycles. The summed E-state index contributed by atoms with van der Waals surface area (Å²) in [6.45, 7) is 5.49. The molecule has 0 aliphatic heterocycles. The van der Waals surface area contributed by atoms with Crippen molar-refractivity contribution in [3.8, 4) is 0 Å². The largest absolute Gasteiger partial charge is 0.481 e. The molecule has 104 valence electrons. The molecule has 0 aromatic rings. The van der Waals surface area contributed by atoms with Crippen molar-refractivity contribution in [1.29, 1.82) is 0 Å². The maximum atomic E-state index is 11.5. The molecule has 1 rings (SSSR count). The zero-order valence-electron chi connectivity index (χ0n) is 11.3. The van der Waals surface area contributed by atoms with Crippen molar-refractivity contribution in [2.45, 2.75) is 45.3 Å².